The van der Waals surface area contributed by atoms with Crippen LogP contribution in [0.2, 0.25) is 0 Å². The number of morpholine rings is 1. The third-order valence-corrected chi connectivity index (χ3v) is 4.86. The molecule has 0 aromatic carbocycles. The topological polar surface area (TPSA) is 72.2 Å². The molecule has 3 aromatic heterocycles. The van der Waals surface area contributed by atoms with E-state index in [4.69, 9.17) is 14.7 Å². The van der Waals surface area contributed by atoms with Crippen LogP contribution in [0.3, 0.4) is 0 Å². The van der Waals surface area contributed by atoms with Crippen LogP contribution in [0.4, 0.5) is 5.82 Å². The van der Waals surface area contributed by atoms with Gasteiger partial charge in [-0.1, -0.05) is 0 Å². The highest BCUT2D eigenvalue weighted by molar-refractivity contribution is 7.07. The minimum Gasteiger partial charge on any atom is -0.378 e. The average Bonchev–Trinajstić information content (AvgIpc) is 3.25. The van der Waals surface area contributed by atoms with Crippen LogP contribution in [0.5, 0.6) is 0 Å². The number of aromatic nitrogens is 5. The van der Waals surface area contributed by atoms with Gasteiger partial charge in [0.05, 0.1) is 37.3 Å². The molecule has 132 valence electrons. The summed E-state index contributed by atoms with van der Waals surface area (Å²) >= 11 is 1.61. The average molecular weight is 359 g/mol. The van der Waals surface area contributed by atoms with Crippen molar-refractivity contribution < 1.29 is 4.74 Å². The van der Waals surface area contributed by atoms with Crippen LogP contribution >= 0.6 is 11.3 Å². The van der Waals surface area contributed by atoms with Gasteiger partial charge in [0.25, 0.3) is 0 Å². The summed E-state index contributed by atoms with van der Waals surface area (Å²) in [5, 5.41) is 2.07. The summed E-state index contributed by atoms with van der Waals surface area (Å²) in [5.41, 5.74) is 4.66. The van der Waals surface area contributed by atoms with Gasteiger partial charge in [-0.25, -0.2) is 19.9 Å². The Labute approximate surface area is 150 Å². The number of hydrogen-bond acceptors (Lipinski definition) is 8. The van der Waals surface area contributed by atoms with E-state index < -0.39 is 0 Å². The van der Waals surface area contributed by atoms with E-state index in [1.165, 1.54) is 0 Å². The van der Waals surface area contributed by atoms with E-state index in [0.717, 1.165) is 61.3 Å². The molecule has 0 unspecified atom stereocenters. The highest BCUT2D eigenvalue weighted by Gasteiger charge is 2.20. The van der Waals surface area contributed by atoms with E-state index in [1.54, 1.807) is 17.7 Å². The van der Waals surface area contributed by atoms with Gasteiger partial charge in [0.2, 0.25) is 0 Å². The van der Waals surface area contributed by atoms with Crippen molar-refractivity contribution in [2.45, 2.75) is 13.1 Å². The predicted octanol–water partition coefficient (Wildman–Crippen LogP) is 1.29. The lowest BCUT2D eigenvalue weighted by Gasteiger charge is -2.28. The molecule has 1 aliphatic rings. The van der Waals surface area contributed by atoms with Crippen molar-refractivity contribution in [1.82, 2.24) is 29.4 Å². The first-order valence-electron chi connectivity index (χ1n) is 8.27. The van der Waals surface area contributed by atoms with Gasteiger partial charge in [-0.05, 0) is 7.05 Å². The van der Waals surface area contributed by atoms with Crippen molar-refractivity contribution >= 4 is 28.3 Å². The molecule has 0 bridgehead atoms. The van der Waals surface area contributed by atoms with E-state index >= 15 is 0 Å². The normalized spacial score (nSPS) is 15.4. The van der Waals surface area contributed by atoms with Gasteiger partial charge in [0.1, 0.15) is 5.82 Å². The van der Waals surface area contributed by atoms with Crippen molar-refractivity contribution in [1.29, 1.82) is 0 Å². The first-order chi connectivity index (χ1) is 12.2. The van der Waals surface area contributed by atoms with Crippen LogP contribution in [0.1, 0.15) is 11.5 Å². The predicted molar refractivity (Wildman–Crippen MR) is 96.6 cm³/mol. The molecule has 4 rings (SSSR count). The molecule has 3 aromatic rings. The van der Waals surface area contributed by atoms with Gasteiger partial charge in [0, 0.05) is 32.1 Å². The summed E-state index contributed by atoms with van der Waals surface area (Å²) < 4.78 is 7.42. The Balaban J connectivity index is 1.63. The van der Waals surface area contributed by atoms with Gasteiger partial charge in [0.15, 0.2) is 17.0 Å². The summed E-state index contributed by atoms with van der Waals surface area (Å²) in [4.78, 5) is 22.8. The molecule has 1 aliphatic heterocycles. The fourth-order valence-electron chi connectivity index (χ4n) is 2.99. The van der Waals surface area contributed by atoms with Gasteiger partial charge < -0.3 is 14.2 Å². The fourth-order valence-corrected chi connectivity index (χ4v) is 3.54. The second kappa shape index (κ2) is 7.03. The van der Waals surface area contributed by atoms with Crippen LogP contribution in [-0.2, 0) is 24.9 Å². The SMILES string of the molecule is CN(Cc1cscn1)Cc1nc(N2CCOCC2)c2ncn(C)c2n1. The standard InChI is InChI=1S/C16H21N7OS/c1-21(7-12-9-25-11-18-12)8-13-19-15-14(17-10-22(15)2)16(20-13)23-3-5-24-6-4-23/h9-11H,3-8H2,1-2H3. The molecule has 0 atom stereocenters. The molecule has 0 spiro atoms. The Hall–Kier alpha value is -2.10. The zero-order valence-electron chi connectivity index (χ0n) is 14.4. The second-order valence-corrected chi connectivity index (χ2v) is 6.96. The van der Waals surface area contributed by atoms with Crippen LogP contribution in [0, 0.1) is 0 Å². The molecule has 0 aliphatic carbocycles. The third kappa shape index (κ3) is 3.48. The Bertz CT molecular complexity index is 842. The maximum Gasteiger partial charge on any atom is 0.165 e. The first kappa shape index (κ1) is 16.4. The van der Waals surface area contributed by atoms with Gasteiger partial charge in [-0.2, -0.15) is 0 Å². The lowest BCUT2D eigenvalue weighted by atomic mass is 10.3. The number of hydrogen-bond donors (Lipinski definition) is 0. The fraction of sp³-hybridized carbons (Fsp3) is 0.500. The van der Waals surface area contributed by atoms with Crippen LogP contribution < -0.4 is 4.90 Å². The van der Waals surface area contributed by atoms with Crippen molar-refractivity contribution in [2.24, 2.45) is 7.05 Å². The number of thiazole rings is 1. The number of fused-ring (bicyclic) bond motifs is 1. The molecular weight excluding hydrogens is 338 g/mol. The van der Waals surface area contributed by atoms with E-state index in [0.29, 0.717) is 6.54 Å². The molecule has 0 radical (unpaired) electrons. The lowest BCUT2D eigenvalue weighted by molar-refractivity contribution is 0.122. The number of nitrogens with zero attached hydrogens (tertiary/aromatic N) is 7. The zero-order chi connectivity index (χ0) is 17.2. The van der Waals surface area contributed by atoms with Crippen molar-refractivity contribution in [3.8, 4) is 0 Å². The number of imidazole rings is 1. The summed E-state index contributed by atoms with van der Waals surface area (Å²) in [7, 11) is 4.03. The van der Waals surface area contributed by atoms with Crippen molar-refractivity contribution in [3.05, 3.63) is 28.7 Å². The summed E-state index contributed by atoms with van der Waals surface area (Å²) in [6.07, 6.45) is 1.80. The maximum absolute atomic E-state index is 5.47. The van der Waals surface area contributed by atoms with Gasteiger partial charge >= 0.3 is 0 Å². The molecule has 0 amide bonds. The Morgan fingerprint density at radius 1 is 1.20 bits per heavy atom. The molecule has 4 heterocycles. The maximum atomic E-state index is 5.47. The molecule has 8 nitrogen and oxygen atoms in total. The van der Waals surface area contributed by atoms with Gasteiger partial charge in [-0.3, -0.25) is 4.90 Å². The molecule has 0 N–H and O–H groups in total. The van der Waals surface area contributed by atoms with E-state index in [2.05, 4.69) is 32.2 Å². The highest BCUT2D eigenvalue weighted by atomic mass is 32.1. The molecule has 0 saturated carbocycles. The highest BCUT2D eigenvalue weighted by Crippen LogP contribution is 2.23. The van der Waals surface area contributed by atoms with E-state index in [9.17, 15) is 0 Å². The first-order valence-corrected chi connectivity index (χ1v) is 9.21. The number of anilines is 1. The summed E-state index contributed by atoms with van der Waals surface area (Å²) in [6.45, 7) is 4.54. The number of ether oxygens (including phenoxy) is 1. The van der Waals surface area contributed by atoms with Crippen LogP contribution in [-0.4, -0.2) is 62.8 Å². The number of rotatable bonds is 5. The van der Waals surface area contributed by atoms with Crippen LogP contribution in [0.15, 0.2) is 17.2 Å². The largest absolute Gasteiger partial charge is 0.378 e. The zero-order valence-corrected chi connectivity index (χ0v) is 15.2. The molecule has 25 heavy (non-hydrogen) atoms. The van der Waals surface area contributed by atoms with Crippen LogP contribution in [0.25, 0.3) is 11.2 Å². The molecular formula is C16H21N7OS. The monoisotopic (exact) mass is 359 g/mol. The smallest absolute Gasteiger partial charge is 0.165 e. The molecule has 1 fully saturated rings. The lowest BCUT2D eigenvalue weighted by Crippen LogP contribution is -2.37. The minimum absolute atomic E-state index is 0.663. The third-order valence-electron chi connectivity index (χ3n) is 4.22. The number of aryl methyl sites for hydroxylation is 1. The van der Waals surface area contributed by atoms with Crippen molar-refractivity contribution in [3.63, 3.8) is 0 Å². The molecule has 9 heteroatoms. The quantitative estimate of drug-likeness (QED) is 0.680. The Morgan fingerprint density at radius 2 is 2.04 bits per heavy atom. The van der Waals surface area contributed by atoms with E-state index in [1.807, 2.05) is 17.1 Å². The summed E-state index contributed by atoms with van der Waals surface area (Å²) in [6, 6.07) is 0. The van der Waals surface area contributed by atoms with Crippen molar-refractivity contribution in [2.75, 3.05) is 38.3 Å². The van der Waals surface area contributed by atoms with E-state index in [-0.39, 0.29) is 0 Å². The summed E-state index contributed by atoms with van der Waals surface area (Å²) in [5.74, 6) is 1.71. The molecule has 1 saturated heterocycles. The Morgan fingerprint density at radius 3 is 2.80 bits per heavy atom. The Kier molecular flexibility index (Phi) is 4.60. The van der Waals surface area contributed by atoms with Gasteiger partial charge in [-0.15, -0.1) is 11.3 Å². The minimum atomic E-state index is 0.663. The second-order valence-electron chi connectivity index (χ2n) is 6.24.